The Morgan fingerprint density at radius 1 is 1.12 bits per heavy atom. The number of hydrogen-bond donors (Lipinski definition) is 0. The third-order valence-corrected chi connectivity index (χ3v) is 5.68. The molecule has 2 aromatic rings. The van der Waals surface area contributed by atoms with Gasteiger partial charge in [0.25, 0.3) is 5.91 Å². The minimum atomic E-state index is -0.626. The molecule has 0 N–H and O–H groups in total. The molecule has 5 rings (SSSR count). The quantitative estimate of drug-likeness (QED) is 0.739. The van der Waals surface area contributed by atoms with E-state index in [0.29, 0.717) is 18.7 Å². The summed E-state index contributed by atoms with van der Waals surface area (Å²) in [5, 5.41) is 1.83. The summed E-state index contributed by atoms with van der Waals surface area (Å²) in [5.41, 5.74) is 0.594. The zero-order valence-corrected chi connectivity index (χ0v) is 14.2. The number of benzene rings is 2. The number of amides is 4. The average molecular weight is 351 g/mol. The first-order chi connectivity index (χ1) is 12.6. The van der Waals surface area contributed by atoms with Crippen LogP contribution in [0.5, 0.6) is 0 Å². The molecule has 3 atom stereocenters. The van der Waals surface area contributed by atoms with Crippen LogP contribution in [0.2, 0.25) is 0 Å². The average Bonchev–Trinajstić information content (AvgIpc) is 3.32. The first-order valence-electron chi connectivity index (χ1n) is 8.60. The van der Waals surface area contributed by atoms with Gasteiger partial charge in [0.15, 0.2) is 0 Å². The number of carbonyl (C=O) groups excluding carboxylic acids is 3. The van der Waals surface area contributed by atoms with Gasteiger partial charge in [0.05, 0.1) is 24.9 Å². The molecule has 3 saturated heterocycles. The highest BCUT2D eigenvalue weighted by molar-refractivity contribution is 6.25. The Morgan fingerprint density at radius 2 is 1.88 bits per heavy atom. The number of urea groups is 1. The highest BCUT2D eigenvalue weighted by atomic mass is 16.5. The lowest BCUT2D eigenvalue weighted by Crippen LogP contribution is -2.54. The molecule has 7 heteroatoms. The van der Waals surface area contributed by atoms with E-state index in [-0.39, 0.29) is 24.0 Å². The molecule has 7 nitrogen and oxygen atoms in total. The normalized spacial score (nSPS) is 26.8. The Hall–Kier alpha value is -3.09. The Kier molecular flexibility index (Phi) is 3.04. The Labute approximate surface area is 149 Å². The van der Waals surface area contributed by atoms with Gasteiger partial charge in [0.2, 0.25) is 0 Å². The number of fused-ring (bicyclic) bond motifs is 6. The van der Waals surface area contributed by atoms with Crippen molar-refractivity contribution >= 4 is 34.5 Å². The van der Waals surface area contributed by atoms with Crippen molar-refractivity contribution in [1.82, 2.24) is 9.80 Å². The zero-order chi connectivity index (χ0) is 18.0. The van der Waals surface area contributed by atoms with Gasteiger partial charge >= 0.3 is 12.1 Å². The van der Waals surface area contributed by atoms with Crippen molar-refractivity contribution in [1.29, 1.82) is 0 Å². The monoisotopic (exact) mass is 351 g/mol. The number of carbonyl (C=O) groups is 3. The van der Waals surface area contributed by atoms with Crippen molar-refractivity contribution in [2.24, 2.45) is 0 Å². The van der Waals surface area contributed by atoms with Crippen LogP contribution in [0.3, 0.4) is 0 Å². The van der Waals surface area contributed by atoms with E-state index >= 15 is 0 Å². The third kappa shape index (κ3) is 1.80. The first-order valence-corrected chi connectivity index (χ1v) is 8.60. The number of anilines is 1. The molecule has 2 bridgehead atoms. The fourth-order valence-electron chi connectivity index (χ4n) is 4.61. The van der Waals surface area contributed by atoms with Crippen LogP contribution in [-0.2, 0) is 9.53 Å². The number of piperazine rings is 1. The summed E-state index contributed by atoms with van der Waals surface area (Å²) >= 11 is 0. The van der Waals surface area contributed by atoms with Gasteiger partial charge < -0.3 is 14.5 Å². The Balaban J connectivity index is 1.57. The second kappa shape index (κ2) is 5.20. The molecule has 0 spiro atoms. The van der Waals surface area contributed by atoms with Crippen molar-refractivity contribution in [3.05, 3.63) is 42.5 Å². The number of nitrogens with zero attached hydrogens (tertiary/aromatic N) is 3. The molecule has 0 radical (unpaired) electrons. The number of ether oxygens (including phenoxy) is 1. The van der Waals surface area contributed by atoms with Crippen molar-refractivity contribution in [2.45, 2.75) is 24.5 Å². The van der Waals surface area contributed by atoms with Crippen LogP contribution < -0.4 is 4.90 Å². The maximum Gasteiger partial charge on any atom is 0.409 e. The predicted molar refractivity (Wildman–Crippen MR) is 93.8 cm³/mol. The highest BCUT2D eigenvalue weighted by Crippen LogP contribution is 2.43. The van der Waals surface area contributed by atoms with Crippen molar-refractivity contribution in [2.75, 3.05) is 18.6 Å². The Bertz CT molecular complexity index is 953. The van der Waals surface area contributed by atoms with E-state index in [1.807, 2.05) is 36.4 Å². The molecule has 26 heavy (non-hydrogen) atoms. The Morgan fingerprint density at radius 3 is 2.69 bits per heavy atom. The van der Waals surface area contributed by atoms with E-state index in [1.165, 1.54) is 12.0 Å². The van der Waals surface area contributed by atoms with Crippen molar-refractivity contribution < 1.29 is 19.1 Å². The predicted octanol–water partition coefficient (Wildman–Crippen LogP) is 2.20. The second-order valence-corrected chi connectivity index (χ2v) is 6.89. The summed E-state index contributed by atoms with van der Waals surface area (Å²) in [6.07, 6.45) is 0.182. The number of hydrogen-bond acceptors (Lipinski definition) is 4. The molecule has 3 unspecified atom stereocenters. The van der Waals surface area contributed by atoms with Gasteiger partial charge in [-0.25, -0.2) is 14.5 Å². The van der Waals surface area contributed by atoms with E-state index in [1.54, 1.807) is 15.9 Å². The van der Waals surface area contributed by atoms with Crippen LogP contribution in [0.25, 0.3) is 10.8 Å². The molecular weight excluding hydrogens is 334 g/mol. The first kappa shape index (κ1) is 15.2. The van der Waals surface area contributed by atoms with Crippen LogP contribution in [0, 0.1) is 0 Å². The molecule has 0 aliphatic carbocycles. The van der Waals surface area contributed by atoms with Crippen LogP contribution >= 0.6 is 0 Å². The standard InChI is InChI=1S/C19H17N3O4/c1-26-19(25)20-10-12-9-15(20)16-17(23)22(18(24)21(12)16)14-8-4-6-11-5-2-3-7-13(11)14/h2-8,12,15-16H,9-10H2,1H3. The van der Waals surface area contributed by atoms with E-state index in [0.717, 1.165) is 10.8 Å². The maximum absolute atomic E-state index is 13.2. The second-order valence-electron chi connectivity index (χ2n) is 6.89. The van der Waals surface area contributed by atoms with E-state index in [4.69, 9.17) is 4.74 Å². The van der Waals surface area contributed by atoms with Gasteiger partial charge in [-0.15, -0.1) is 0 Å². The third-order valence-electron chi connectivity index (χ3n) is 5.68. The number of likely N-dealkylation sites (tertiary alicyclic amines) is 1. The van der Waals surface area contributed by atoms with E-state index in [2.05, 4.69) is 0 Å². The smallest absolute Gasteiger partial charge is 0.409 e. The summed E-state index contributed by atoms with van der Waals surface area (Å²) in [6.45, 7) is 0.413. The fourth-order valence-corrected chi connectivity index (χ4v) is 4.61. The summed E-state index contributed by atoms with van der Waals surface area (Å²) < 4.78 is 4.83. The lowest BCUT2D eigenvalue weighted by Gasteiger charge is -2.33. The summed E-state index contributed by atoms with van der Waals surface area (Å²) in [7, 11) is 1.33. The van der Waals surface area contributed by atoms with Crippen LogP contribution in [0.15, 0.2) is 42.5 Å². The van der Waals surface area contributed by atoms with Gasteiger partial charge in [0.1, 0.15) is 6.04 Å². The largest absolute Gasteiger partial charge is 0.453 e. The summed E-state index contributed by atoms with van der Waals surface area (Å²) in [6, 6.07) is 11.9. The summed E-state index contributed by atoms with van der Waals surface area (Å²) in [4.78, 5) is 42.7. The SMILES string of the molecule is COC(=O)N1CC2CC1C1C(=O)N(c3cccc4ccccc34)C(=O)N21. The van der Waals surface area contributed by atoms with Gasteiger partial charge in [-0.05, 0) is 17.9 Å². The number of imide groups is 1. The zero-order valence-electron chi connectivity index (χ0n) is 14.2. The maximum atomic E-state index is 13.2. The molecule has 3 heterocycles. The van der Waals surface area contributed by atoms with Gasteiger partial charge in [0, 0.05) is 11.9 Å². The van der Waals surface area contributed by atoms with Gasteiger partial charge in [-0.1, -0.05) is 36.4 Å². The minimum Gasteiger partial charge on any atom is -0.453 e. The van der Waals surface area contributed by atoms with Crippen LogP contribution in [0.1, 0.15) is 6.42 Å². The lowest BCUT2D eigenvalue weighted by atomic mass is 10.1. The van der Waals surface area contributed by atoms with E-state index in [9.17, 15) is 14.4 Å². The fraction of sp³-hybridized carbons (Fsp3) is 0.316. The molecule has 132 valence electrons. The van der Waals surface area contributed by atoms with E-state index < -0.39 is 12.1 Å². The van der Waals surface area contributed by atoms with Gasteiger partial charge in [-0.3, -0.25) is 4.79 Å². The number of methoxy groups -OCH3 is 1. The number of rotatable bonds is 1. The molecule has 3 fully saturated rings. The molecule has 2 aromatic carbocycles. The highest BCUT2D eigenvalue weighted by Gasteiger charge is 2.63. The molecule has 0 saturated carbocycles. The molecule has 0 aromatic heterocycles. The summed E-state index contributed by atoms with van der Waals surface area (Å²) in [5.74, 6) is -0.271. The molecule has 4 amide bonds. The molecular formula is C19H17N3O4. The topological polar surface area (TPSA) is 70.2 Å². The molecule has 3 aliphatic heterocycles. The molecule has 3 aliphatic rings. The van der Waals surface area contributed by atoms with Crippen LogP contribution in [0.4, 0.5) is 15.3 Å². The van der Waals surface area contributed by atoms with Crippen molar-refractivity contribution in [3.63, 3.8) is 0 Å². The van der Waals surface area contributed by atoms with Crippen molar-refractivity contribution in [3.8, 4) is 0 Å². The van der Waals surface area contributed by atoms with Crippen LogP contribution in [-0.4, -0.2) is 59.6 Å². The minimum absolute atomic E-state index is 0.138. The van der Waals surface area contributed by atoms with Gasteiger partial charge in [-0.2, -0.15) is 0 Å². The lowest BCUT2D eigenvalue weighted by molar-refractivity contribution is -0.121.